The van der Waals surface area contributed by atoms with Gasteiger partial charge in [0.15, 0.2) is 18.1 Å². The Labute approximate surface area is 160 Å². The molecule has 4 heterocycles. The second-order valence-electron chi connectivity index (χ2n) is 8.45. The Morgan fingerprint density at radius 2 is 1.96 bits per heavy atom. The normalized spacial score (nSPS) is 27.3. The van der Waals surface area contributed by atoms with Crippen molar-refractivity contribution in [3.05, 3.63) is 18.2 Å². The third kappa shape index (κ3) is 3.59. The monoisotopic (exact) mass is 372 g/mol. The standard InChI is InChI=1S/C21H28N2O4/c24-21(13-25-18-6-7-19-20(8-18)27-14-26-19)23-11-16-4-5-17(12-23)22(10-16)9-15-2-1-3-15/h6-8,15-17H,1-5,9-14H2/t16-,17-/m1/s1. The maximum Gasteiger partial charge on any atom is 0.260 e. The number of benzene rings is 1. The second kappa shape index (κ2) is 7.23. The number of ether oxygens (including phenoxy) is 3. The summed E-state index contributed by atoms with van der Waals surface area (Å²) in [5, 5.41) is 0. The van der Waals surface area contributed by atoms with Crippen LogP contribution in [0.4, 0.5) is 0 Å². The molecule has 5 aliphatic rings. The molecule has 2 atom stereocenters. The molecule has 2 bridgehead atoms. The molecule has 0 aromatic heterocycles. The summed E-state index contributed by atoms with van der Waals surface area (Å²) < 4.78 is 16.4. The van der Waals surface area contributed by atoms with E-state index in [-0.39, 0.29) is 19.3 Å². The van der Waals surface area contributed by atoms with E-state index in [0.29, 0.717) is 23.5 Å². The van der Waals surface area contributed by atoms with E-state index in [1.807, 2.05) is 17.0 Å². The van der Waals surface area contributed by atoms with Gasteiger partial charge >= 0.3 is 0 Å². The summed E-state index contributed by atoms with van der Waals surface area (Å²) in [5.74, 6) is 3.65. The number of fused-ring (bicyclic) bond motifs is 5. The minimum atomic E-state index is 0.0850. The molecule has 1 aliphatic carbocycles. The van der Waals surface area contributed by atoms with Gasteiger partial charge in [-0.25, -0.2) is 0 Å². The van der Waals surface area contributed by atoms with E-state index >= 15 is 0 Å². The average Bonchev–Trinajstić information content (AvgIpc) is 2.92. The van der Waals surface area contributed by atoms with Gasteiger partial charge in [-0.1, -0.05) is 6.42 Å². The fourth-order valence-corrected chi connectivity index (χ4v) is 4.82. The van der Waals surface area contributed by atoms with E-state index in [2.05, 4.69) is 4.90 Å². The van der Waals surface area contributed by atoms with E-state index in [9.17, 15) is 4.79 Å². The predicted octanol–water partition coefficient (Wildman–Crippen LogP) is 2.52. The van der Waals surface area contributed by atoms with Gasteiger partial charge in [0.2, 0.25) is 6.79 Å². The topological polar surface area (TPSA) is 51.2 Å². The van der Waals surface area contributed by atoms with Gasteiger partial charge in [-0.05, 0) is 49.7 Å². The Morgan fingerprint density at radius 3 is 2.81 bits per heavy atom. The zero-order valence-corrected chi connectivity index (χ0v) is 15.8. The lowest BCUT2D eigenvalue weighted by Gasteiger charge is -2.40. The van der Waals surface area contributed by atoms with Gasteiger partial charge in [-0.3, -0.25) is 9.69 Å². The first-order chi connectivity index (χ1) is 13.2. The summed E-state index contributed by atoms with van der Waals surface area (Å²) in [6.45, 7) is 4.45. The molecule has 0 spiro atoms. The highest BCUT2D eigenvalue weighted by atomic mass is 16.7. The van der Waals surface area contributed by atoms with E-state index in [4.69, 9.17) is 14.2 Å². The molecule has 1 aromatic rings. The third-order valence-electron chi connectivity index (χ3n) is 6.60. The Morgan fingerprint density at radius 1 is 1.07 bits per heavy atom. The molecule has 1 aromatic carbocycles. The first-order valence-electron chi connectivity index (χ1n) is 10.3. The molecule has 4 aliphatic heterocycles. The summed E-state index contributed by atoms with van der Waals surface area (Å²) >= 11 is 0. The van der Waals surface area contributed by atoms with Crippen LogP contribution in [0.5, 0.6) is 17.2 Å². The minimum Gasteiger partial charge on any atom is -0.484 e. The van der Waals surface area contributed by atoms with E-state index in [1.165, 1.54) is 38.6 Å². The van der Waals surface area contributed by atoms with Crippen molar-refractivity contribution in [3.63, 3.8) is 0 Å². The molecule has 27 heavy (non-hydrogen) atoms. The highest BCUT2D eigenvalue weighted by molar-refractivity contribution is 5.78. The number of hydrogen-bond donors (Lipinski definition) is 0. The molecule has 1 amide bonds. The smallest absolute Gasteiger partial charge is 0.260 e. The quantitative estimate of drug-likeness (QED) is 0.795. The van der Waals surface area contributed by atoms with Crippen molar-refractivity contribution in [3.8, 4) is 17.2 Å². The lowest BCUT2D eigenvalue weighted by atomic mass is 9.83. The van der Waals surface area contributed by atoms with Gasteiger partial charge in [0.1, 0.15) is 5.75 Å². The van der Waals surface area contributed by atoms with E-state index < -0.39 is 0 Å². The number of amides is 1. The first-order valence-corrected chi connectivity index (χ1v) is 10.3. The number of rotatable bonds is 5. The van der Waals surface area contributed by atoms with Crippen LogP contribution in [0.15, 0.2) is 18.2 Å². The van der Waals surface area contributed by atoms with Crippen LogP contribution in [0.1, 0.15) is 32.1 Å². The SMILES string of the molecule is O=C(COc1ccc2c(c1)OCO2)N1C[C@@H]2CC[C@H](C1)N(CC1CCC1)C2. The number of piperidine rings is 1. The van der Waals surface area contributed by atoms with Crippen LogP contribution >= 0.6 is 0 Å². The molecule has 0 radical (unpaired) electrons. The van der Waals surface area contributed by atoms with Crippen LogP contribution in [0.2, 0.25) is 0 Å². The second-order valence-corrected chi connectivity index (χ2v) is 8.45. The van der Waals surface area contributed by atoms with Crippen LogP contribution in [0.25, 0.3) is 0 Å². The van der Waals surface area contributed by atoms with Gasteiger partial charge in [-0.15, -0.1) is 0 Å². The summed E-state index contributed by atoms with van der Waals surface area (Å²) in [6.07, 6.45) is 6.65. The van der Waals surface area contributed by atoms with E-state index in [0.717, 1.165) is 31.3 Å². The Balaban J connectivity index is 1.18. The lowest BCUT2D eigenvalue weighted by Crippen LogP contribution is -2.47. The molecule has 6 nitrogen and oxygen atoms in total. The molecular formula is C21H28N2O4. The zero-order valence-electron chi connectivity index (χ0n) is 15.8. The van der Waals surface area contributed by atoms with Gasteiger partial charge in [0.05, 0.1) is 0 Å². The van der Waals surface area contributed by atoms with Crippen molar-refractivity contribution >= 4 is 5.91 Å². The molecular weight excluding hydrogens is 344 g/mol. The zero-order chi connectivity index (χ0) is 18.2. The van der Waals surface area contributed by atoms with Crippen molar-refractivity contribution in [2.75, 3.05) is 39.6 Å². The lowest BCUT2D eigenvalue weighted by molar-refractivity contribution is -0.133. The third-order valence-corrected chi connectivity index (χ3v) is 6.60. The number of carbonyl (C=O) groups excluding carboxylic acids is 1. The number of nitrogens with zero attached hydrogens (tertiary/aromatic N) is 2. The van der Waals surface area contributed by atoms with Gasteiger partial charge in [-0.2, -0.15) is 0 Å². The first kappa shape index (κ1) is 17.2. The van der Waals surface area contributed by atoms with Gasteiger partial charge in [0, 0.05) is 38.3 Å². The number of hydrogen-bond acceptors (Lipinski definition) is 5. The summed E-state index contributed by atoms with van der Waals surface area (Å²) in [6, 6.07) is 5.97. The van der Waals surface area contributed by atoms with Crippen LogP contribution in [0.3, 0.4) is 0 Å². The fraction of sp³-hybridized carbons (Fsp3) is 0.667. The number of carbonyl (C=O) groups is 1. The van der Waals surface area contributed by atoms with Crippen LogP contribution in [-0.4, -0.2) is 61.3 Å². The fourth-order valence-electron chi connectivity index (χ4n) is 4.82. The van der Waals surface area contributed by atoms with Gasteiger partial charge in [0.25, 0.3) is 5.91 Å². The van der Waals surface area contributed by atoms with Gasteiger partial charge < -0.3 is 19.1 Å². The highest BCUT2D eigenvalue weighted by Gasteiger charge is 2.37. The summed E-state index contributed by atoms with van der Waals surface area (Å²) in [7, 11) is 0. The van der Waals surface area contributed by atoms with Crippen molar-refractivity contribution in [2.45, 2.75) is 38.1 Å². The van der Waals surface area contributed by atoms with Crippen LogP contribution in [0, 0.1) is 11.8 Å². The minimum absolute atomic E-state index is 0.0850. The summed E-state index contributed by atoms with van der Waals surface area (Å²) in [4.78, 5) is 17.5. The molecule has 4 fully saturated rings. The average molecular weight is 372 g/mol. The largest absolute Gasteiger partial charge is 0.484 e. The Bertz CT molecular complexity index is 705. The maximum absolute atomic E-state index is 12.8. The molecule has 0 N–H and O–H groups in total. The van der Waals surface area contributed by atoms with Crippen molar-refractivity contribution in [2.24, 2.45) is 11.8 Å². The van der Waals surface area contributed by atoms with Crippen LogP contribution in [-0.2, 0) is 4.79 Å². The predicted molar refractivity (Wildman–Crippen MR) is 100 cm³/mol. The van der Waals surface area contributed by atoms with Crippen molar-refractivity contribution in [1.29, 1.82) is 0 Å². The molecule has 3 saturated heterocycles. The Kier molecular flexibility index (Phi) is 4.60. The van der Waals surface area contributed by atoms with E-state index in [1.54, 1.807) is 6.07 Å². The van der Waals surface area contributed by atoms with Crippen molar-refractivity contribution in [1.82, 2.24) is 9.80 Å². The summed E-state index contributed by atoms with van der Waals surface area (Å²) in [5.41, 5.74) is 0. The maximum atomic E-state index is 12.8. The molecule has 1 saturated carbocycles. The molecule has 146 valence electrons. The molecule has 0 unspecified atom stereocenters. The molecule has 6 rings (SSSR count). The van der Waals surface area contributed by atoms with Crippen LogP contribution < -0.4 is 14.2 Å². The Hall–Kier alpha value is -1.95. The molecule has 6 heteroatoms. The van der Waals surface area contributed by atoms with Crippen molar-refractivity contribution < 1.29 is 19.0 Å². The highest BCUT2D eigenvalue weighted by Crippen LogP contribution is 2.35.